The molecule has 0 aromatic rings. The van der Waals surface area contributed by atoms with Gasteiger partial charge in [-0.3, -0.25) is 9.59 Å². The Balaban J connectivity index is 2.27. The summed E-state index contributed by atoms with van der Waals surface area (Å²) in [5, 5.41) is 5.52. The highest BCUT2D eigenvalue weighted by molar-refractivity contribution is 5.83. The first-order valence-corrected chi connectivity index (χ1v) is 4.78. The molecule has 1 heterocycles. The second-order valence-corrected chi connectivity index (χ2v) is 3.33. The van der Waals surface area contributed by atoms with E-state index in [1.54, 1.807) is 0 Å². The monoisotopic (exact) mass is 184 g/mol. The molecule has 4 nitrogen and oxygen atoms in total. The Morgan fingerprint density at radius 3 is 3.00 bits per heavy atom. The number of rotatable bonds is 3. The van der Waals surface area contributed by atoms with Crippen LogP contribution in [0.15, 0.2) is 0 Å². The zero-order chi connectivity index (χ0) is 9.68. The van der Waals surface area contributed by atoms with Crippen LogP contribution in [0.4, 0.5) is 0 Å². The van der Waals surface area contributed by atoms with Gasteiger partial charge < -0.3 is 10.6 Å². The molecule has 2 amide bonds. The third-order valence-electron chi connectivity index (χ3n) is 2.19. The molecule has 0 aliphatic carbocycles. The fourth-order valence-corrected chi connectivity index (χ4v) is 1.35. The van der Waals surface area contributed by atoms with Gasteiger partial charge in [0, 0.05) is 19.5 Å². The third-order valence-corrected chi connectivity index (χ3v) is 2.19. The van der Waals surface area contributed by atoms with Gasteiger partial charge in [-0.1, -0.05) is 6.92 Å². The van der Waals surface area contributed by atoms with E-state index in [4.69, 9.17) is 0 Å². The summed E-state index contributed by atoms with van der Waals surface area (Å²) in [5.41, 5.74) is 0. The Morgan fingerprint density at radius 2 is 2.46 bits per heavy atom. The number of hydrogen-bond donors (Lipinski definition) is 2. The van der Waals surface area contributed by atoms with Crippen molar-refractivity contribution in [2.75, 3.05) is 13.1 Å². The minimum atomic E-state index is -0.0238. The molecule has 1 aliphatic heterocycles. The molecule has 0 aromatic heterocycles. The summed E-state index contributed by atoms with van der Waals surface area (Å²) in [6.45, 7) is 3.24. The molecule has 13 heavy (non-hydrogen) atoms. The molecule has 0 spiro atoms. The summed E-state index contributed by atoms with van der Waals surface area (Å²) in [6.07, 6.45) is 2.11. The first-order chi connectivity index (χ1) is 6.24. The van der Waals surface area contributed by atoms with Gasteiger partial charge in [0.15, 0.2) is 0 Å². The van der Waals surface area contributed by atoms with Gasteiger partial charge in [-0.25, -0.2) is 0 Å². The zero-order valence-electron chi connectivity index (χ0n) is 7.93. The van der Waals surface area contributed by atoms with E-state index in [1.165, 1.54) is 0 Å². The van der Waals surface area contributed by atoms with Gasteiger partial charge in [-0.05, 0) is 12.8 Å². The van der Waals surface area contributed by atoms with Gasteiger partial charge in [-0.2, -0.15) is 0 Å². The summed E-state index contributed by atoms with van der Waals surface area (Å²) >= 11 is 0. The molecule has 4 heteroatoms. The van der Waals surface area contributed by atoms with Gasteiger partial charge in [-0.15, -0.1) is 0 Å². The fraction of sp³-hybridized carbons (Fsp3) is 0.778. The number of amides is 2. The summed E-state index contributed by atoms with van der Waals surface area (Å²) in [7, 11) is 0. The maximum absolute atomic E-state index is 11.4. The van der Waals surface area contributed by atoms with Crippen molar-refractivity contribution in [3.05, 3.63) is 0 Å². The van der Waals surface area contributed by atoms with Crippen molar-refractivity contribution in [2.24, 2.45) is 5.92 Å². The summed E-state index contributed by atoms with van der Waals surface area (Å²) < 4.78 is 0. The molecule has 0 aromatic carbocycles. The molecule has 0 radical (unpaired) electrons. The van der Waals surface area contributed by atoms with Crippen molar-refractivity contribution < 1.29 is 9.59 Å². The van der Waals surface area contributed by atoms with Crippen molar-refractivity contribution in [1.82, 2.24) is 10.6 Å². The molecule has 1 fully saturated rings. The number of carbonyl (C=O) groups is 2. The fourth-order valence-electron chi connectivity index (χ4n) is 1.35. The quantitative estimate of drug-likeness (QED) is 0.650. The number of carbonyl (C=O) groups excluding carboxylic acids is 2. The van der Waals surface area contributed by atoms with Crippen LogP contribution in [0.25, 0.3) is 0 Å². The molecule has 1 rings (SSSR count). The first kappa shape index (κ1) is 10.0. The van der Waals surface area contributed by atoms with Crippen molar-refractivity contribution in [2.45, 2.75) is 26.2 Å². The Hall–Kier alpha value is -1.06. The molecular formula is C9H16N2O2. The predicted molar refractivity (Wildman–Crippen MR) is 49.0 cm³/mol. The largest absolute Gasteiger partial charge is 0.356 e. The van der Waals surface area contributed by atoms with Crippen LogP contribution >= 0.6 is 0 Å². The van der Waals surface area contributed by atoms with Crippen LogP contribution in [0.5, 0.6) is 0 Å². The van der Waals surface area contributed by atoms with Crippen LogP contribution in [0.1, 0.15) is 26.2 Å². The number of hydrogen-bond acceptors (Lipinski definition) is 2. The second kappa shape index (κ2) is 4.84. The molecule has 2 N–H and O–H groups in total. The topological polar surface area (TPSA) is 58.2 Å². The van der Waals surface area contributed by atoms with Crippen LogP contribution in [0.3, 0.4) is 0 Å². The Bertz CT molecular complexity index is 194. The Kier molecular flexibility index (Phi) is 3.73. The maximum atomic E-state index is 11.4. The van der Waals surface area contributed by atoms with E-state index >= 15 is 0 Å². The standard InChI is InChI=1S/C9H16N2O2/c1-2-5-10-9(13)7-3-4-8(12)11-6-7/h7H,2-6H2,1H3,(H,10,13)(H,11,12). The van der Waals surface area contributed by atoms with Crippen LogP contribution in [0.2, 0.25) is 0 Å². The zero-order valence-corrected chi connectivity index (χ0v) is 7.93. The van der Waals surface area contributed by atoms with E-state index in [1.807, 2.05) is 6.92 Å². The van der Waals surface area contributed by atoms with Crippen LogP contribution < -0.4 is 10.6 Å². The molecule has 74 valence electrons. The van der Waals surface area contributed by atoms with Crippen molar-refractivity contribution in [1.29, 1.82) is 0 Å². The summed E-state index contributed by atoms with van der Waals surface area (Å²) in [5.74, 6) is 0.102. The average molecular weight is 184 g/mol. The first-order valence-electron chi connectivity index (χ1n) is 4.78. The lowest BCUT2D eigenvalue weighted by molar-refractivity contribution is -0.128. The lowest BCUT2D eigenvalue weighted by atomic mass is 9.98. The van der Waals surface area contributed by atoms with Crippen LogP contribution in [-0.4, -0.2) is 24.9 Å². The molecule has 1 aliphatic rings. The molecule has 0 bridgehead atoms. The van der Waals surface area contributed by atoms with Crippen LogP contribution in [-0.2, 0) is 9.59 Å². The SMILES string of the molecule is CCCNC(=O)C1CCC(=O)NC1. The maximum Gasteiger partial charge on any atom is 0.224 e. The van der Waals surface area contributed by atoms with E-state index in [0.29, 0.717) is 19.4 Å². The minimum Gasteiger partial charge on any atom is -0.356 e. The van der Waals surface area contributed by atoms with Gasteiger partial charge in [0.05, 0.1) is 5.92 Å². The summed E-state index contributed by atoms with van der Waals surface area (Å²) in [6, 6.07) is 0. The minimum absolute atomic E-state index is 0.0238. The molecular weight excluding hydrogens is 168 g/mol. The normalized spacial score (nSPS) is 22.2. The highest BCUT2D eigenvalue weighted by atomic mass is 16.2. The molecule has 1 atom stereocenters. The predicted octanol–water partition coefficient (Wildman–Crippen LogP) is 0.0388. The average Bonchev–Trinajstić information content (AvgIpc) is 2.15. The molecule has 1 saturated heterocycles. The molecule has 0 saturated carbocycles. The number of piperidine rings is 1. The van der Waals surface area contributed by atoms with E-state index < -0.39 is 0 Å². The van der Waals surface area contributed by atoms with E-state index in [9.17, 15) is 9.59 Å². The van der Waals surface area contributed by atoms with E-state index in [2.05, 4.69) is 10.6 Å². The Morgan fingerprint density at radius 1 is 1.69 bits per heavy atom. The van der Waals surface area contributed by atoms with Gasteiger partial charge in [0.25, 0.3) is 0 Å². The lowest BCUT2D eigenvalue weighted by Crippen LogP contribution is -2.43. The van der Waals surface area contributed by atoms with Gasteiger partial charge in [0.1, 0.15) is 0 Å². The highest BCUT2D eigenvalue weighted by Gasteiger charge is 2.23. The third kappa shape index (κ3) is 3.05. The van der Waals surface area contributed by atoms with E-state index in [-0.39, 0.29) is 17.7 Å². The van der Waals surface area contributed by atoms with Crippen molar-refractivity contribution in [3.63, 3.8) is 0 Å². The second-order valence-electron chi connectivity index (χ2n) is 3.33. The van der Waals surface area contributed by atoms with Gasteiger partial charge >= 0.3 is 0 Å². The summed E-state index contributed by atoms with van der Waals surface area (Å²) in [4.78, 5) is 22.2. The highest BCUT2D eigenvalue weighted by Crippen LogP contribution is 2.10. The van der Waals surface area contributed by atoms with Gasteiger partial charge in [0.2, 0.25) is 11.8 Å². The van der Waals surface area contributed by atoms with Crippen LogP contribution in [0, 0.1) is 5.92 Å². The molecule has 1 unspecified atom stereocenters. The number of nitrogens with one attached hydrogen (secondary N) is 2. The van der Waals surface area contributed by atoms with Crippen molar-refractivity contribution >= 4 is 11.8 Å². The van der Waals surface area contributed by atoms with Crippen molar-refractivity contribution in [3.8, 4) is 0 Å². The smallest absolute Gasteiger partial charge is 0.224 e. The Labute approximate surface area is 78.1 Å². The van der Waals surface area contributed by atoms with E-state index in [0.717, 1.165) is 13.0 Å². The lowest BCUT2D eigenvalue weighted by Gasteiger charge is -2.21.